The summed E-state index contributed by atoms with van der Waals surface area (Å²) in [5.41, 5.74) is 7.20. The zero-order chi connectivity index (χ0) is 17.0. The number of anilines is 2. The van der Waals surface area contributed by atoms with E-state index in [-0.39, 0.29) is 17.9 Å². The van der Waals surface area contributed by atoms with Crippen molar-refractivity contribution in [2.24, 2.45) is 5.92 Å². The number of likely N-dealkylation sites (tertiary alicyclic amines) is 1. The van der Waals surface area contributed by atoms with Crippen LogP contribution in [0.3, 0.4) is 0 Å². The predicted molar refractivity (Wildman–Crippen MR) is 96.4 cm³/mol. The van der Waals surface area contributed by atoms with Crippen molar-refractivity contribution in [2.75, 3.05) is 38.2 Å². The average Bonchev–Trinajstić information content (AvgIpc) is 2.50. The first kappa shape index (κ1) is 17.8. The van der Waals surface area contributed by atoms with Gasteiger partial charge in [-0.15, -0.1) is 0 Å². The summed E-state index contributed by atoms with van der Waals surface area (Å²) in [5.74, 6) is 0.319. The van der Waals surface area contributed by atoms with E-state index in [9.17, 15) is 4.79 Å². The first-order chi connectivity index (χ1) is 10.9. The minimum atomic E-state index is -0.124. The highest BCUT2D eigenvalue weighted by Crippen LogP contribution is 2.21. The van der Waals surface area contributed by atoms with Crippen molar-refractivity contribution in [1.82, 2.24) is 9.80 Å². The van der Waals surface area contributed by atoms with Crippen LogP contribution in [-0.2, 0) is 4.79 Å². The molecule has 5 nitrogen and oxygen atoms in total. The van der Waals surface area contributed by atoms with E-state index in [1.54, 1.807) is 12.1 Å². The number of nitrogen functional groups attached to an aromatic ring is 1. The van der Waals surface area contributed by atoms with Gasteiger partial charge in [0.1, 0.15) is 0 Å². The molecule has 23 heavy (non-hydrogen) atoms. The van der Waals surface area contributed by atoms with Crippen LogP contribution in [0.15, 0.2) is 24.3 Å². The van der Waals surface area contributed by atoms with Gasteiger partial charge in [0, 0.05) is 17.4 Å². The molecule has 1 unspecified atom stereocenters. The summed E-state index contributed by atoms with van der Waals surface area (Å²) in [6.07, 6.45) is 2.23. The largest absolute Gasteiger partial charge is 0.399 e. The number of hydrogen-bond acceptors (Lipinski definition) is 4. The Morgan fingerprint density at radius 2 is 1.83 bits per heavy atom. The van der Waals surface area contributed by atoms with E-state index < -0.39 is 0 Å². The van der Waals surface area contributed by atoms with Crippen molar-refractivity contribution in [2.45, 2.75) is 38.8 Å². The Hall–Kier alpha value is -1.59. The van der Waals surface area contributed by atoms with Gasteiger partial charge >= 0.3 is 0 Å². The van der Waals surface area contributed by atoms with Crippen LogP contribution in [0, 0.1) is 5.92 Å². The Morgan fingerprint density at radius 1 is 1.26 bits per heavy atom. The van der Waals surface area contributed by atoms with Crippen LogP contribution in [0.5, 0.6) is 0 Å². The van der Waals surface area contributed by atoms with Gasteiger partial charge in [-0.1, -0.05) is 13.8 Å². The molecule has 0 aliphatic carbocycles. The van der Waals surface area contributed by atoms with Gasteiger partial charge < -0.3 is 16.0 Å². The fourth-order valence-corrected chi connectivity index (χ4v) is 3.37. The van der Waals surface area contributed by atoms with Gasteiger partial charge in [-0.05, 0) is 70.2 Å². The molecule has 1 aromatic rings. The van der Waals surface area contributed by atoms with E-state index in [0.717, 1.165) is 31.6 Å². The quantitative estimate of drug-likeness (QED) is 0.818. The van der Waals surface area contributed by atoms with Crippen LogP contribution < -0.4 is 11.1 Å². The molecule has 1 aromatic carbocycles. The minimum Gasteiger partial charge on any atom is -0.399 e. The molecule has 1 saturated heterocycles. The number of carbonyl (C=O) groups excluding carboxylic acids is 1. The monoisotopic (exact) mass is 318 g/mol. The molecule has 0 spiro atoms. The Balaban J connectivity index is 2.04. The SMILES string of the molecule is CC(C)C(C(=O)Nc1ccc(N)cc1)N(C)C1CCN(C)CC1. The molecule has 0 aromatic heterocycles. The summed E-state index contributed by atoms with van der Waals surface area (Å²) < 4.78 is 0. The lowest BCUT2D eigenvalue weighted by molar-refractivity contribution is -0.123. The molecule has 1 heterocycles. The maximum Gasteiger partial charge on any atom is 0.241 e. The molecule has 128 valence electrons. The van der Waals surface area contributed by atoms with E-state index >= 15 is 0 Å². The third-order valence-corrected chi connectivity index (χ3v) is 4.78. The first-order valence-electron chi connectivity index (χ1n) is 8.45. The van der Waals surface area contributed by atoms with Crippen molar-refractivity contribution in [3.63, 3.8) is 0 Å². The van der Waals surface area contributed by atoms with Crippen molar-refractivity contribution in [3.05, 3.63) is 24.3 Å². The number of amides is 1. The summed E-state index contributed by atoms with van der Waals surface area (Å²) >= 11 is 0. The third-order valence-electron chi connectivity index (χ3n) is 4.78. The van der Waals surface area contributed by atoms with Gasteiger partial charge in [-0.2, -0.15) is 0 Å². The molecule has 5 heteroatoms. The van der Waals surface area contributed by atoms with Crippen LogP contribution in [0.2, 0.25) is 0 Å². The van der Waals surface area contributed by atoms with Crippen LogP contribution in [0.25, 0.3) is 0 Å². The summed E-state index contributed by atoms with van der Waals surface area (Å²) in [6.45, 7) is 6.41. The number of hydrogen-bond donors (Lipinski definition) is 2. The second-order valence-electron chi connectivity index (χ2n) is 7.00. The minimum absolute atomic E-state index is 0.0613. The third kappa shape index (κ3) is 4.69. The fourth-order valence-electron chi connectivity index (χ4n) is 3.37. The molecular formula is C18H30N4O. The molecule has 1 fully saturated rings. The van der Waals surface area contributed by atoms with Gasteiger partial charge in [-0.3, -0.25) is 9.69 Å². The zero-order valence-corrected chi connectivity index (χ0v) is 14.7. The lowest BCUT2D eigenvalue weighted by Gasteiger charge is -2.40. The highest BCUT2D eigenvalue weighted by Gasteiger charge is 2.32. The number of nitrogens with two attached hydrogens (primary N) is 1. The maximum atomic E-state index is 12.8. The van der Waals surface area contributed by atoms with Crippen molar-refractivity contribution < 1.29 is 4.79 Å². The van der Waals surface area contributed by atoms with Crippen molar-refractivity contribution in [1.29, 1.82) is 0 Å². The van der Waals surface area contributed by atoms with E-state index in [2.05, 4.69) is 43.1 Å². The summed E-state index contributed by atoms with van der Waals surface area (Å²) in [5, 5.41) is 3.03. The number of nitrogens with one attached hydrogen (secondary N) is 1. The molecule has 2 rings (SSSR count). The number of piperidine rings is 1. The Labute approximate surface area is 139 Å². The number of carbonyl (C=O) groups is 1. The Bertz CT molecular complexity index is 506. The fraction of sp³-hybridized carbons (Fsp3) is 0.611. The van der Waals surface area contributed by atoms with E-state index in [0.29, 0.717) is 11.7 Å². The van der Waals surface area contributed by atoms with E-state index in [1.165, 1.54) is 0 Å². The average molecular weight is 318 g/mol. The van der Waals surface area contributed by atoms with Gasteiger partial charge in [0.15, 0.2) is 0 Å². The number of likely N-dealkylation sites (N-methyl/N-ethyl adjacent to an activating group) is 1. The smallest absolute Gasteiger partial charge is 0.241 e. The lowest BCUT2D eigenvalue weighted by atomic mass is 9.96. The topological polar surface area (TPSA) is 61.6 Å². The molecule has 3 N–H and O–H groups in total. The molecular weight excluding hydrogens is 288 g/mol. The lowest BCUT2D eigenvalue weighted by Crippen LogP contribution is -2.52. The van der Waals surface area contributed by atoms with Crippen LogP contribution in [0.1, 0.15) is 26.7 Å². The van der Waals surface area contributed by atoms with E-state index in [4.69, 9.17) is 5.73 Å². The normalized spacial score (nSPS) is 18.3. The van der Waals surface area contributed by atoms with Crippen molar-refractivity contribution in [3.8, 4) is 0 Å². The molecule has 1 amide bonds. The highest BCUT2D eigenvalue weighted by molar-refractivity contribution is 5.95. The van der Waals surface area contributed by atoms with E-state index in [1.807, 2.05) is 12.1 Å². The maximum absolute atomic E-state index is 12.8. The van der Waals surface area contributed by atoms with Gasteiger partial charge in [0.2, 0.25) is 5.91 Å². The molecule has 1 atom stereocenters. The molecule has 0 radical (unpaired) electrons. The molecule has 0 saturated carbocycles. The first-order valence-corrected chi connectivity index (χ1v) is 8.45. The van der Waals surface area contributed by atoms with Crippen LogP contribution in [-0.4, -0.2) is 55.0 Å². The zero-order valence-electron chi connectivity index (χ0n) is 14.7. The predicted octanol–water partition coefficient (Wildman–Crippen LogP) is 2.26. The molecule has 1 aliphatic heterocycles. The standard InChI is InChI=1S/C18H30N4O/c1-13(2)17(22(4)16-9-11-21(3)12-10-16)18(23)20-15-7-5-14(19)6-8-15/h5-8,13,16-17H,9-12,19H2,1-4H3,(H,20,23). The molecule has 1 aliphatic rings. The molecule has 0 bridgehead atoms. The Kier molecular flexibility index (Phi) is 6.02. The second kappa shape index (κ2) is 7.79. The van der Waals surface area contributed by atoms with Crippen LogP contribution >= 0.6 is 0 Å². The highest BCUT2D eigenvalue weighted by atomic mass is 16.2. The van der Waals surface area contributed by atoms with Gasteiger partial charge in [-0.25, -0.2) is 0 Å². The number of rotatable bonds is 5. The summed E-state index contributed by atoms with van der Waals surface area (Å²) in [4.78, 5) is 17.4. The van der Waals surface area contributed by atoms with Gasteiger partial charge in [0.05, 0.1) is 6.04 Å². The van der Waals surface area contributed by atoms with Crippen molar-refractivity contribution >= 4 is 17.3 Å². The number of nitrogens with zero attached hydrogens (tertiary/aromatic N) is 2. The summed E-state index contributed by atoms with van der Waals surface area (Å²) in [7, 11) is 4.24. The second-order valence-corrected chi connectivity index (χ2v) is 7.00. The van der Waals surface area contributed by atoms with Gasteiger partial charge in [0.25, 0.3) is 0 Å². The Morgan fingerprint density at radius 3 is 2.35 bits per heavy atom. The summed E-state index contributed by atoms with van der Waals surface area (Å²) in [6, 6.07) is 7.65. The number of benzene rings is 1. The van der Waals surface area contributed by atoms with Crippen LogP contribution in [0.4, 0.5) is 11.4 Å².